The van der Waals surface area contributed by atoms with Crippen LogP contribution < -0.4 is 0 Å². The molecule has 2 unspecified atom stereocenters. The summed E-state index contributed by atoms with van der Waals surface area (Å²) in [7, 11) is 0. The molecule has 3 heteroatoms. The van der Waals surface area contributed by atoms with Crippen LogP contribution in [0.15, 0.2) is 48.5 Å². The molecule has 0 heterocycles. The number of halogens is 1. The third kappa shape index (κ3) is 2.32. The molecule has 2 nitrogen and oxygen atoms in total. The Labute approximate surface area is 123 Å². The van der Waals surface area contributed by atoms with Gasteiger partial charge in [-0.25, -0.2) is 0 Å². The van der Waals surface area contributed by atoms with Crippen LogP contribution >= 0.6 is 11.6 Å². The van der Waals surface area contributed by atoms with Crippen molar-refractivity contribution in [2.45, 2.75) is 24.7 Å². The molecule has 0 saturated heterocycles. The summed E-state index contributed by atoms with van der Waals surface area (Å²) in [4.78, 5) is 11.6. The van der Waals surface area contributed by atoms with Gasteiger partial charge in [0.2, 0.25) is 0 Å². The average molecular weight is 287 g/mol. The molecule has 102 valence electrons. The molecule has 0 aliphatic heterocycles. The van der Waals surface area contributed by atoms with Crippen molar-refractivity contribution >= 4 is 17.6 Å². The summed E-state index contributed by atoms with van der Waals surface area (Å²) in [6.45, 7) is 0. The fourth-order valence-corrected chi connectivity index (χ4v) is 3.24. The summed E-state index contributed by atoms with van der Waals surface area (Å²) in [5, 5.41) is 10.0. The third-order valence-corrected chi connectivity index (χ3v) is 4.40. The molecule has 0 fully saturated rings. The smallest absolute Gasteiger partial charge is 0.311 e. The minimum Gasteiger partial charge on any atom is -0.481 e. The third-order valence-electron chi connectivity index (χ3n) is 4.06. The Morgan fingerprint density at radius 2 is 1.90 bits per heavy atom. The van der Waals surface area contributed by atoms with Gasteiger partial charge in [0.1, 0.15) is 0 Å². The largest absolute Gasteiger partial charge is 0.481 e. The highest BCUT2D eigenvalue weighted by Gasteiger charge is 2.32. The van der Waals surface area contributed by atoms with Crippen molar-refractivity contribution in [3.05, 3.63) is 70.2 Å². The van der Waals surface area contributed by atoms with Crippen molar-refractivity contribution < 1.29 is 9.90 Å². The van der Waals surface area contributed by atoms with E-state index in [9.17, 15) is 9.90 Å². The van der Waals surface area contributed by atoms with Crippen LogP contribution in [-0.2, 0) is 11.2 Å². The lowest BCUT2D eigenvalue weighted by Gasteiger charge is -2.32. The number of hydrogen-bond acceptors (Lipinski definition) is 1. The molecule has 0 amide bonds. The molecule has 0 saturated carbocycles. The van der Waals surface area contributed by atoms with Gasteiger partial charge in [-0.2, -0.15) is 0 Å². The molecule has 0 aromatic heterocycles. The molecule has 2 aromatic rings. The molecule has 1 aliphatic carbocycles. The number of carboxylic acid groups (broad SMARTS) is 1. The van der Waals surface area contributed by atoms with E-state index in [2.05, 4.69) is 12.1 Å². The molecule has 0 radical (unpaired) electrons. The lowest BCUT2D eigenvalue weighted by atomic mass is 9.72. The van der Waals surface area contributed by atoms with Crippen LogP contribution in [0.25, 0.3) is 0 Å². The van der Waals surface area contributed by atoms with Crippen molar-refractivity contribution in [3.63, 3.8) is 0 Å². The molecule has 1 N–H and O–H groups in total. The van der Waals surface area contributed by atoms with E-state index in [1.165, 1.54) is 11.1 Å². The standard InChI is InChI=1S/C17H15ClO2/c18-16-8-4-3-7-14(16)15(17(19)20)10-12-9-11-5-1-2-6-13(11)12/h1-8,12,15H,9-10H2,(H,19,20). The summed E-state index contributed by atoms with van der Waals surface area (Å²) in [5.41, 5.74) is 3.33. The van der Waals surface area contributed by atoms with Gasteiger partial charge in [-0.15, -0.1) is 0 Å². The van der Waals surface area contributed by atoms with Crippen molar-refractivity contribution in [3.8, 4) is 0 Å². The Kier molecular flexibility index (Phi) is 3.49. The van der Waals surface area contributed by atoms with Gasteiger partial charge in [0.25, 0.3) is 0 Å². The Balaban J connectivity index is 1.84. The summed E-state index contributed by atoms with van der Waals surface area (Å²) in [5.74, 6) is -1.02. The molecule has 20 heavy (non-hydrogen) atoms. The molecule has 0 bridgehead atoms. The van der Waals surface area contributed by atoms with E-state index in [0.29, 0.717) is 22.9 Å². The number of carbonyl (C=O) groups is 1. The lowest BCUT2D eigenvalue weighted by Crippen LogP contribution is -2.23. The van der Waals surface area contributed by atoms with E-state index in [4.69, 9.17) is 11.6 Å². The van der Waals surface area contributed by atoms with Crippen LogP contribution in [0.4, 0.5) is 0 Å². The molecule has 1 aliphatic rings. The lowest BCUT2D eigenvalue weighted by molar-refractivity contribution is -0.139. The summed E-state index contributed by atoms with van der Waals surface area (Å²) in [6.07, 6.45) is 1.57. The number of fused-ring (bicyclic) bond motifs is 1. The molecule has 3 rings (SSSR count). The molecular formula is C17H15ClO2. The van der Waals surface area contributed by atoms with E-state index in [0.717, 1.165) is 6.42 Å². The van der Waals surface area contributed by atoms with Crippen molar-refractivity contribution in [1.29, 1.82) is 0 Å². The van der Waals surface area contributed by atoms with Gasteiger partial charge < -0.3 is 5.11 Å². The van der Waals surface area contributed by atoms with E-state index < -0.39 is 11.9 Å². The first-order valence-electron chi connectivity index (χ1n) is 6.72. The van der Waals surface area contributed by atoms with Gasteiger partial charge in [-0.05, 0) is 41.5 Å². The SMILES string of the molecule is O=C(O)C(CC1Cc2ccccc21)c1ccccc1Cl. The Bertz CT molecular complexity index is 651. The van der Waals surface area contributed by atoms with Crippen molar-refractivity contribution in [2.75, 3.05) is 0 Å². The number of benzene rings is 2. The second kappa shape index (κ2) is 5.29. The van der Waals surface area contributed by atoms with Gasteiger partial charge in [-0.3, -0.25) is 4.79 Å². The maximum absolute atomic E-state index is 11.6. The Morgan fingerprint density at radius 1 is 1.20 bits per heavy atom. The number of carboxylic acids is 1. The van der Waals surface area contributed by atoms with Gasteiger partial charge in [0, 0.05) is 5.02 Å². The Morgan fingerprint density at radius 3 is 2.60 bits per heavy atom. The van der Waals surface area contributed by atoms with Crippen LogP contribution in [0.3, 0.4) is 0 Å². The van der Waals surface area contributed by atoms with Gasteiger partial charge in [-0.1, -0.05) is 54.1 Å². The van der Waals surface area contributed by atoms with E-state index in [1.54, 1.807) is 6.07 Å². The quantitative estimate of drug-likeness (QED) is 0.913. The Hall–Kier alpha value is -1.80. The first kappa shape index (κ1) is 13.2. The first-order chi connectivity index (χ1) is 9.66. The minimum absolute atomic E-state index is 0.323. The second-order valence-electron chi connectivity index (χ2n) is 5.25. The molecule has 2 aromatic carbocycles. The summed E-state index contributed by atoms with van der Waals surface area (Å²) >= 11 is 6.14. The fraction of sp³-hybridized carbons (Fsp3) is 0.235. The highest BCUT2D eigenvalue weighted by Crippen LogP contribution is 2.42. The number of aliphatic carboxylic acids is 1. The zero-order chi connectivity index (χ0) is 14.1. The first-order valence-corrected chi connectivity index (χ1v) is 7.09. The van der Waals surface area contributed by atoms with Crippen LogP contribution in [-0.4, -0.2) is 11.1 Å². The van der Waals surface area contributed by atoms with Gasteiger partial charge in [0.05, 0.1) is 5.92 Å². The predicted octanol–water partition coefficient (Wildman–Crippen LogP) is 4.24. The molecular weight excluding hydrogens is 272 g/mol. The average Bonchev–Trinajstić information content (AvgIpc) is 2.41. The predicted molar refractivity (Wildman–Crippen MR) is 79.3 cm³/mol. The zero-order valence-corrected chi connectivity index (χ0v) is 11.7. The van der Waals surface area contributed by atoms with Crippen LogP contribution in [0.1, 0.15) is 34.9 Å². The van der Waals surface area contributed by atoms with Crippen molar-refractivity contribution in [1.82, 2.24) is 0 Å². The van der Waals surface area contributed by atoms with Gasteiger partial charge >= 0.3 is 5.97 Å². The van der Waals surface area contributed by atoms with Crippen molar-refractivity contribution in [2.24, 2.45) is 0 Å². The zero-order valence-electron chi connectivity index (χ0n) is 10.9. The molecule has 2 atom stereocenters. The number of rotatable bonds is 4. The monoisotopic (exact) mass is 286 g/mol. The number of hydrogen-bond donors (Lipinski definition) is 1. The molecule has 0 spiro atoms. The second-order valence-corrected chi connectivity index (χ2v) is 5.66. The normalized spacial score (nSPS) is 17.9. The van der Waals surface area contributed by atoms with Crippen LogP contribution in [0.2, 0.25) is 5.02 Å². The van der Waals surface area contributed by atoms with E-state index >= 15 is 0 Å². The van der Waals surface area contributed by atoms with E-state index in [1.807, 2.05) is 30.3 Å². The fourth-order valence-electron chi connectivity index (χ4n) is 2.98. The highest BCUT2D eigenvalue weighted by molar-refractivity contribution is 6.31. The summed E-state index contributed by atoms with van der Waals surface area (Å²) < 4.78 is 0. The minimum atomic E-state index is -0.803. The summed E-state index contributed by atoms with van der Waals surface area (Å²) in [6, 6.07) is 15.5. The topological polar surface area (TPSA) is 37.3 Å². The van der Waals surface area contributed by atoms with E-state index in [-0.39, 0.29) is 0 Å². The van der Waals surface area contributed by atoms with Crippen LogP contribution in [0, 0.1) is 0 Å². The van der Waals surface area contributed by atoms with Crippen LogP contribution in [0.5, 0.6) is 0 Å². The van der Waals surface area contributed by atoms with Gasteiger partial charge in [0.15, 0.2) is 0 Å². The maximum atomic E-state index is 11.6. The maximum Gasteiger partial charge on any atom is 0.311 e. The highest BCUT2D eigenvalue weighted by atomic mass is 35.5.